The van der Waals surface area contributed by atoms with Crippen molar-refractivity contribution in [3.8, 4) is 34.5 Å². The number of phenols is 1. The maximum absolute atomic E-state index is 10.0. The summed E-state index contributed by atoms with van der Waals surface area (Å²) >= 11 is 0. The Bertz CT molecular complexity index is 1450. The quantitative estimate of drug-likeness (QED) is 0.442. The van der Waals surface area contributed by atoms with Gasteiger partial charge in [-0.1, -0.05) is 48.5 Å². The number of nitrogens with zero attached hydrogens (tertiary/aromatic N) is 4. The average Bonchev–Trinajstić information content (AvgIpc) is 3.28. The smallest absolute Gasteiger partial charge is 0.228 e. The summed E-state index contributed by atoms with van der Waals surface area (Å²) in [6.07, 6.45) is 1.60. The first-order valence-electron chi connectivity index (χ1n) is 10.2. The number of methoxy groups -OCH3 is 1. The van der Waals surface area contributed by atoms with Crippen LogP contribution < -0.4 is 9.47 Å². The minimum atomic E-state index is -0.204. The molecule has 2 aromatic heterocycles. The number of ether oxygens (including phenoxy) is 2. The summed E-state index contributed by atoms with van der Waals surface area (Å²) in [5.74, 6) is 2.34. The van der Waals surface area contributed by atoms with Crippen molar-refractivity contribution in [3.05, 3.63) is 95.8 Å². The van der Waals surface area contributed by atoms with Crippen molar-refractivity contribution in [2.45, 2.75) is 5.92 Å². The van der Waals surface area contributed by atoms with Crippen LogP contribution >= 0.6 is 0 Å². The van der Waals surface area contributed by atoms with Crippen molar-refractivity contribution in [2.24, 2.45) is 0 Å². The van der Waals surface area contributed by atoms with Gasteiger partial charge in [0.1, 0.15) is 23.6 Å². The molecule has 0 spiro atoms. The molecule has 1 aliphatic heterocycles. The van der Waals surface area contributed by atoms with Gasteiger partial charge in [0.2, 0.25) is 5.88 Å². The molecule has 0 fully saturated rings. The molecule has 7 heteroatoms. The lowest BCUT2D eigenvalue weighted by molar-refractivity contribution is 0.414. The molecule has 0 bridgehead atoms. The van der Waals surface area contributed by atoms with Crippen LogP contribution in [0.2, 0.25) is 0 Å². The van der Waals surface area contributed by atoms with Crippen molar-refractivity contribution in [3.63, 3.8) is 0 Å². The second kappa shape index (κ2) is 7.09. The fraction of sp³-hybridized carbons (Fsp3) is 0.0800. The van der Waals surface area contributed by atoms with E-state index in [1.807, 2.05) is 60.7 Å². The van der Waals surface area contributed by atoms with E-state index in [1.54, 1.807) is 30.1 Å². The highest BCUT2D eigenvalue weighted by molar-refractivity contribution is 5.68. The van der Waals surface area contributed by atoms with E-state index >= 15 is 0 Å². The fourth-order valence-corrected chi connectivity index (χ4v) is 4.16. The molecule has 32 heavy (non-hydrogen) atoms. The Morgan fingerprint density at radius 2 is 1.81 bits per heavy atom. The lowest BCUT2D eigenvalue weighted by atomic mass is 9.84. The van der Waals surface area contributed by atoms with Gasteiger partial charge in [0, 0.05) is 23.1 Å². The van der Waals surface area contributed by atoms with Crippen LogP contribution in [0.25, 0.3) is 17.0 Å². The van der Waals surface area contributed by atoms with E-state index in [-0.39, 0.29) is 11.7 Å². The van der Waals surface area contributed by atoms with Gasteiger partial charge in [0.25, 0.3) is 0 Å². The number of benzene rings is 3. The van der Waals surface area contributed by atoms with Gasteiger partial charge < -0.3 is 14.6 Å². The Labute approximate surface area is 183 Å². The molecule has 0 unspecified atom stereocenters. The Morgan fingerprint density at radius 1 is 1.00 bits per heavy atom. The second-order valence-corrected chi connectivity index (χ2v) is 7.56. The van der Waals surface area contributed by atoms with E-state index in [0.717, 1.165) is 28.0 Å². The minimum Gasteiger partial charge on any atom is -0.508 e. The Balaban J connectivity index is 1.60. The van der Waals surface area contributed by atoms with Crippen LogP contribution in [0, 0.1) is 0 Å². The average molecular weight is 422 g/mol. The molecule has 3 aromatic carbocycles. The molecule has 0 aliphatic carbocycles. The molecular weight excluding hydrogens is 404 g/mol. The maximum Gasteiger partial charge on any atom is 0.228 e. The number of phenolic OH excluding ortho intramolecular Hbond substituents is 1. The van der Waals surface area contributed by atoms with Crippen LogP contribution in [0.1, 0.15) is 22.6 Å². The van der Waals surface area contributed by atoms with Crippen molar-refractivity contribution < 1.29 is 14.6 Å². The highest BCUT2D eigenvalue weighted by Crippen LogP contribution is 2.48. The summed E-state index contributed by atoms with van der Waals surface area (Å²) in [4.78, 5) is 9.38. The predicted octanol–water partition coefficient (Wildman–Crippen LogP) is 4.79. The van der Waals surface area contributed by atoms with Crippen LogP contribution in [0.3, 0.4) is 0 Å². The molecule has 0 radical (unpaired) electrons. The zero-order valence-electron chi connectivity index (χ0n) is 17.1. The van der Waals surface area contributed by atoms with E-state index in [0.29, 0.717) is 23.1 Å². The van der Waals surface area contributed by atoms with Crippen LogP contribution in [0.5, 0.6) is 23.1 Å². The number of hydrogen-bond acceptors (Lipinski definition) is 6. The number of fused-ring (bicyclic) bond motifs is 4. The Kier molecular flexibility index (Phi) is 4.07. The molecule has 3 heterocycles. The topological polar surface area (TPSA) is 81.8 Å². The van der Waals surface area contributed by atoms with Gasteiger partial charge in [0.15, 0.2) is 11.5 Å². The SMILES string of the molecule is COc1ccc([C@@H]2c3ccc(O)cc3Oc3ncn4nc(-c5ccccc5)nc4c32)cc1. The van der Waals surface area contributed by atoms with E-state index in [1.165, 1.54) is 0 Å². The maximum atomic E-state index is 10.0. The summed E-state index contributed by atoms with van der Waals surface area (Å²) in [6, 6.07) is 22.9. The minimum absolute atomic E-state index is 0.135. The summed E-state index contributed by atoms with van der Waals surface area (Å²) in [5.41, 5.74) is 4.37. The Morgan fingerprint density at radius 3 is 2.59 bits per heavy atom. The van der Waals surface area contributed by atoms with Crippen molar-refractivity contribution in [1.82, 2.24) is 19.6 Å². The summed E-state index contributed by atoms with van der Waals surface area (Å²) in [7, 11) is 1.64. The fourth-order valence-electron chi connectivity index (χ4n) is 4.16. The lowest BCUT2D eigenvalue weighted by Crippen LogP contribution is -2.15. The van der Waals surface area contributed by atoms with Crippen molar-refractivity contribution >= 4 is 5.65 Å². The third-order valence-electron chi connectivity index (χ3n) is 5.67. The number of hydrogen-bond donors (Lipinski definition) is 1. The van der Waals surface area contributed by atoms with Gasteiger partial charge in [-0.05, 0) is 23.8 Å². The van der Waals surface area contributed by atoms with E-state index in [4.69, 9.17) is 14.5 Å². The molecule has 156 valence electrons. The van der Waals surface area contributed by atoms with E-state index < -0.39 is 0 Å². The van der Waals surface area contributed by atoms with Crippen LogP contribution in [-0.4, -0.2) is 31.8 Å². The first-order valence-corrected chi connectivity index (χ1v) is 10.2. The van der Waals surface area contributed by atoms with Crippen LogP contribution in [0.15, 0.2) is 79.1 Å². The monoisotopic (exact) mass is 422 g/mol. The molecule has 1 N–H and O–H groups in total. The lowest BCUT2D eigenvalue weighted by Gasteiger charge is -2.28. The first kappa shape index (κ1) is 18.4. The molecule has 6 rings (SSSR count). The van der Waals surface area contributed by atoms with Gasteiger partial charge in [-0.15, -0.1) is 5.10 Å². The van der Waals surface area contributed by atoms with Gasteiger partial charge >= 0.3 is 0 Å². The van der Waals surface area contributed by atoms with Gasteiger partial charge in [-0.25, -0.2) is 14.5 Å². The summed E-state index contributed by atoms with van der Waals surface area (Å²) in [6.45, 7) is 0. The van der Waals surface area contributed by atoms with Gasteiger partial charge in [0.05, 0.1) is 12.7 Å². The van der Waals surface area contributed by atoms with Gasteiger partial charge in [-0.3, -0.25) is 0 Å². The highest BCUT2D eigenvalue weighted by atomic mass is 16.5. The number of rotatable bonds is 3. The number of aromatic nitrogens is 4. The summed E-state index contributed by atoms with van der Waals surface area (Å²) < 4.78 is 13.1. The van der Waals surface area contributed by atoms with Crippen molar-refractivity contribution in [2.75, 3.05) is 7.11 Å². The molecule has 0 amide bonds. The van der Waals surface area contributed by atoms with E-state index in [2.05, 4.69) is 10.1 Å². The predicted molar refractivity (Wildman–Crippen MR) is 118 cm³/mol. The van der Waals surface area contributed by atoms with Gasteiger partial charge in [-0.2, -0.15) is 0 Å². The normalized spacial score (nSPS) is 14.5. The largest absolute Gasteiger partial charge is 0.508 e. The zero-order chi connectivity index (χ0) is 21.7. The third kappa shape index (κ3) is 2.86. The molecule has 5 aromatic rings. The zero-order valence-corrected chi connectivity index (χ0v) is 17.1. The second-order valence-electron chi connectivity index (χ2n) is 7.56. The third-order valence-corrected chi connectivity index (χ3v) is 5.67. The molecule has 1 aliphatic rings. The van der Waals surface area contributed by atoms with Crippen LogP contribution in [-0.2, 0) is 0 Å². The van der Waals surface area contributed by atoms with Crippen LogP contribution in [0.4, 0.5) is 0 Å². The molecule has 1 atom stereocenters. The van der Waals surface area contributed by atoms with E-state index in [9.17, 15) is 5.11 Å². The molecule has 7 nitrogen and oxygen atoms in total. The highest BCUT2D eigenvalue weighted by Gasteiger charge is 2.33. The molecule has 0 saturated heterocycles. The Hall–Kier alpha value is -4.39. The first-order chi connectivity index (χ1) is 15.7. The molecular formula is C25H18N4O3. The molecule has 0 saturated carbocycles. The standard InChI is InChI=1S/C25H18N4O3/c1-31-18-10-7-15(8-11-18)21-19-12-9-17(30)13-20(19)32-25-22(21)24-27-23(28-29(24)14-26-25)16-5-3-2-4-6-16/h2-14,21,30H,1H3/t21-/m1/s1. The number of aromatic hydroxyl groups is 1. The van der Waals surface area contributed by atoms with Crippen molar-refractivity contribution in [1.29, 1.82) is 0 Å². The summed E-state index contributed by atoms with van der Waals surface area (Å²) in [5, 5.41) is 14.7.